The highest BCUT2D eigenvalue weighted by molar-refractivity contribution is 7.93. The molecule has 3 aromatic rings. The number of benzene rings is 3. The topological polar surface area (TPSA) is 55.4 Å². The van der Waals surface area contributed by atoms with Crippen LogP contribution in [0.15, 0.2) is 65.6 Å². The van der Waals surface area contributed by atoms with Gasteiger partial charge in [0.25, 0.3) is 10.0 Å². The summed E-state index contributed by atoms with van der Waals surface area (Å²) in [4.78, 5) is 0.136. The van der Waals surface area contributed by atoms with Gasteiger partial charge in [-0.25, -0.2) is 8.42 Å². The molecule has 0 spiro atoms. The number of ether oxygens (including phenoxy) is 1. The molecular weight excluding hydrogens is 346 g/mol. The van der Waals surface area contributed by atoms with Gasteiger partial charge in [-0.1, -0.05) is 48.0 Å². The number of hydrogen-bond donors (Lipinski definition) is 1. The minimum absolute atomic E-state index is 0.136. The Bertz CT molecular complexity index is 981. The highest BCUT2D eigenvalue weighted by atomic mass is 35.5. The summed E-state index contributed by atoms with van der Waals surface area (Å²) in [5.74, 6) is 0.481. The van der Waals surface area contributed by atoms with E-state index in [1.807, 2.05) is 19.1 Å². The monoisotopic (exact) mass is 361 g/mol. The molecule has 0 heterocycles. The minimum Gasteiger partial charge on any atom is -0.492 e. The third kappa shape index (κ3) is 3.18. The first kappa shape index (κ1) is 16.6. The first-order chi connectivity index (χ1) is 11.5. The van der Waals surface area contributed by atoms with Crippen molar-refractivity contribution in [3.05, 3.63) is 65.7 Å². The Labute approximate surface area is 146 Å². The summed E-state index contributed by atoms with van der Waals surface area (Å²) >= 11 is 6.24. The third-order valence-corrected chi connectivity index (χ3v) is 5.26. The SMILES string of the molecule is CCOc1ccccc1NS(=O)(=O)c1cccc2cccc(Cl)c12. The number of fused-ring (bicyclic) bond motifs is 1. The van der Waals surface area contributed by atoms with Crippen molar-refractivity contribution in [2.45, 2.75) is 11.8 Å². The lowest BCUT2D eigenvalue weighted by molar-refractivity contribution is 0.342. The predicted molar refractivity (Wildman–Crippen MR) is 97.4 cm³/mol. The van der Waals surface area contributed by atoms with Crippen molar-refractivity contribution in [1.82, 2.24) is 0 Å². The second kappa shape index (κ2) is 6.71. The second-order valence-corrected chi connectivity index (χ2v) is 7.19. The summed E-state index contributed by atoms with van der Waals surface area (Å²) in [7, 11) is -3.82. The minimum atomic E-state index is -3.82. The zero-order valence-electron chi connectivity index (χ0n) is 13.0. The lowest BCUT2D eigenvalue weighted by Gasteiger charge is -2.14. The van der Waals surface area contributed by atoms with Crippen LogP contribution in [0.2, 0.25) is 5.02 Å². The van der Waals surface area contributed by atoms with Gasteiger partial charge in [0.15, 0.2) is 0 Å². The number of rotatable bonds is 5. The van der Waals surface area contributed by atoms with Crippen molar-refractivity contribution in [2.75, 3.05) is 11.3 Å². The van der Waals surface area contributed by atoms with E-state index in [4.69, 9.17) is 16.3 Å². The molecule has 1 N–H and O–H groups in total. The molecule has 0 aliphatic heterocycles. The van der Waals surface area contributed by atoms with Crippen LogP contribution in [0.1, 0.15) is 6.92 Å². The van der Waals surface area contributed by atoms with E-state index >= 15 is 0 Å². The Hall–Kier alpha value is -2.24. The standard InChI is InChI=1S/C18H16ClNO3S/c1-2-23-16-11-4-3-10-15(16)20-24(21,22)17-12-6-8-13-7-5-9-14(19)18(13)17/h3-12,20H,2H2,1H3. The van der Waals surface area contributed by atoms with Crippen molar-refractivity contribution < 1.29 is 13.2 Å². The van der Waals surface area contributed by atoms with Crippen molar-refractivity contribution in [2.24, 2.45) is 0 Å². The molecule has 4 nitrogen and oxygen atoms in total. The average Bonchev–Trinajstić information content (AvgIpc) is 2.56. The maximum Gasteiger partial charge on any atom is 0.262 e. The molecule has 124 valence electrons. The maximum absolute atomic E-state index is 12.9. The summed E-state index contributed by atoms with van der Waals surface area (Å²) in [6.07, 6.45) is 0. The highest BCUT2D eigenvalue weighted by Crippen LogP contribution is 2.32. The summed E-state index contributed by atoms with van der Waals surface area (Å²) in [5, 5.41) is 1.66. The molecule has 0 aliphatic rings. The van der Waals surface area contributed by atoms with E-state index in [2.05, 4.69) is 4.72 Å². The van der Waals surface area contributed by atoms with Crippen LogP contribution in [0.25, 0.3) is 10.8 Å². The highest BCUT2D eigenvalue weighted by Gasteiger charge is 2.20. The number of hydrogen-bond acceptors (Lipinski definition) is 3. The Morgan fingerprint density at radius 2 is 1.71 bits per heavy atom. The van der Waals surface area contributed by atoms with E-state index in [0.29, 0.717) is 28.5 Å². The van der Waals surface area contributed by atoms with E-state index in [1.54, 1.807) is 48.5 Å². The Balaban J connectivity index is 2.10. The number of para-hydroxylation sites is 2. The van der Waals surface area contributed by atoms with Crippen molar-refractivity contribution in [1.29, 1.82) is 0 Å². The lowest BCUT2D eigenvalue weighted by atomic mass is 10.1. The van der Waals surface area contributed by atoms with Crippen LogP contribution in [0.5, 0.6) is 5.75 Å². The Morgan fingerprint density at radius 3 is 2.46 bits per heavy atom. The van der Waals surface area contributed by atoms with Crippen molar-refractivity contribution in [3.63, 3.8) is 0 Å². The van der Waals surface area contributed by atoms with E-state index in [0.717, 1.165) is 5.39 Å². The largest absolute Gasteiger partial charge is 0.492 e. The van der Waals surface area contributed by atoms with E-state index in [-0.39, 0.29) is 4.90 Å². The number of halogens is 1. The summed E-state index contributed by atoms with van der Waals surface area (Å²) in [6, 6.07) is 17.3. The van der Waals surface area contributed by atoms with Crippen molar-refractivity contribution in [3.8, 4) is 5.75 Å². The van der Waals surface area contributed by atoms with Crippen LogP contribution < -0.4 is 9.46 Å². The van der Waals surface area contributed by atoms with Gasteiger partial charge in [-0.3, -0.25) is 4.72 Å². The van der Waals surface area contributed by atoms with Gasteiger partial charge >= 0.3 is 0 Å². The molecule has 3 aromatic carbocycles. The lowest BCUT2D eigenvalue weighted by Crippen LogP contribution is -2.14. The fourth-order valence-corrected chi connectivity index (χ4v) is 4.18. The van der Waals surface area contributed by atoms with Gasteiger partial charge in [-0.05, 0) is 36.6 Å². The Morgan fingerprint density at radius 1 is 1.00 bits per heavy atom. The molecule has 0 aliphatic carbocycles. The predicted octanol–water partition coefficient (Wildman–Crippen LogP) is 4.69. The first-order valence-corrected chi connectivity index (χ1v) is 9.31. The molecule has 0 atom stereocenters. The van der Waals surface area contributed by atoms with Gasteiger partial charge in [0.2, 0.25) is 0 Å². The molecule has 0 bridgehead atoms. The van der Waals surface area contributed by atoms with Crippen LogP contribution in [0.4, 0.5) is 5.69 Å². The summed E-state index contributed by atoms with van der Waals surface area (Å²) in [5.41, 5.74) is 0.392. The molecular formula is C18H16ClNO3S. The normalized spacial score (nSPS) is 11.4. The average molecular weight is 362 g/mol. The second-order valence-electron chi connectivity index (χ2n) is 5.13. The summed E-state index contributed by atoms with van der Waals surface area (Å²) in [6.45, 7) is 2.29. The smallest absolute Gasteiger partial charge is 0.262 e. The van der Waals surface area contributed by atoms with Crippen LogP contribution in [-0.2, 0) is 10.0 Å². The van der Waals surface area contributed by atoms with Gasteiger partial charge in [-0.15, -0.1) is 0 Å². The van der Waals surface area contributed by atoms with Crippen molar-refractivity contribution >= 4 is 38.1 Å². The molecule has 6 heteroatoms. The zero-order chi connectivity index (χ0) is 17.2. The summed E-state index contributed by atoms with van der Waals surface area (Å²) < 4.78 is 33.9. The van der Waals surface area contributed by atoms with E-state index < -0.39 is 10.0 Å². The fraction of sp³-hybridized carbons (Fsp3) is 0.111. The van der Waals surface area contributed by atoms with Gasteiger partial charge < -0.3 is 4.74 Å². The molecule has 24 heavy (non-hydrogen) atoms. The molecule has 0 amide bonds. The van der Waals surface area contributed by atoms with Crippen LogP contribution in [0, 0.1) is 0 Å². The molecule has 3 rings (SSSR count). The number of nitrogens with one attached hydrogen (secondary N) is 1. The van der Waals surface area contributed by atoms with E-state index in [1.165, 1.54) is 0 Å². The molecule has 0 saturated carbocycles. The molecule has 0 saturated heterocycles. The molecule has 0 unspecified atom stereocenters. The van der Waals surface area contributed by atoms with Gasteiger partial charge in [0, 0.05) is 10.4 Å². The zero-order valence-corrected chi connectivity index (χ0v) is 14.6. The molecule has 0 fully saturated rings. The first-order valence-electron chi connectivity index (χ1n) is 7.45. The van der Waals surface area contributed by atoms with Gasteiger partial charge in [0.1, 0.15) is 5.75 Å². The molecule has 0 radical (unpaired) electrons. The van der Waals surface area contributed by atoms with E-state index in [9.17, 15) is 8.42 Å². The third-order valence-electron chi connectivity index (χ3n) is 3.54. The van der Waals surface area contributed by atoms with Crippen LogP contribution in [-0.4, -0.2) is 15.0 Å². The fourth-order valence-electron chi connectivity index (χ4n) is 2.52. The van der Waals surface area contributed by atoms with Gasteiger partial charge in [-0.2, -0.15) is 0 Å². The Kier molecular flexibility index (Phi) is 4.64. The van der Waals surface area contributed by atoms with Crippen LogP contribution in [0.3, 0.4) is 0 Å². The van der Waals surface area contributed by atoms with Crippen LogP contribution >= 0.6 is 11.6 Å². The molecule has 0 aromatic heterocycles. The number of anilines is 1. The quantitative estimate of drug-likeness (QED) is 0.717. The van der Waals surface area contributed by atoms with Gasteiger partial charge in [0.05, 0.1) is 17.2 Å². The maximum atomic E-state index is 12.9. The number of sulfonamides is 1.